The quantitative estimate of drug-likeness (QED) is 0.341. The monoisotopic (exact) mass is 271 g/mol. The smallest absolute Gasteiger partial charge is 0.311 e. The highest BCUT2D eigenvalue weighted by molar-refractivity contribution is 7.80. The molecule has 0 spiro atoms. The summed E-state index contributed by atoms with van der Waals surface area (Å²) < 4.78 is 10.5. The van der Waals surface area contributed by atoms with Crippen LogP contribution >= 0.6 is 12.6 Å². The van der Waals surface area contributed by atoms with E-state index in [2.05, 4.69) is 12.6 Å². The van der Waals surface area contributed by atoms with E-state index in [4.69, 9.17) is 9.47 Å². The van der Waals surface area contributed by atoms with Crippen LogP contribution in [0, 0.1) is 10.1 Å². The van der Waals surface area contributed by atoms with E-state index in [1.165, 1.54) is 19.2 Å². The molecule has 0 atom stereocenters. The Bertz CT molecular complexity index is 398. The number of nitrogens with zero attached hydrogens (tertiary/aromatic N) is 1. The van der Waals surface area contributed by atoms with Crippen molar-refractivity contribution in [2.24, 2.45) is 0 Å². The van der Waals surface area contributed by atoms with Gasteiger partial charge in [0.1, 0.15) is 5.75 Å². The minimum Gasteiger partial charge on any atom is -0.497 e. The number of nitro benzene ring substituents is 1. The minimum absolute atomic E-state index is 0.0370. The molecule has 0 saturated carbocycles. The van der Waals surface area contributed by atoms with Crippen molar-refractivity contribution < 1.29 is 14.4 Å². The van der Waals surface area contributed by atoms with E-state index < -0.39 is 4.92 Å². The fourth-order valence-electron chi connectivity index (χ4n) is 1.46. The van der Waals surface area contributed by atoms with E-state index in [0.717, 1.165) is 25.0 Å². The third-order valence-electron chi connectivity index (χ3n) is 2.42. The Kier molecular flexibility index (Phi) is 6.35. The molecule has 0 radical (unpaired) electrons. The van der Waals surface area contributed by atoms with Gasteiger partial charge < -0.3 is 9.47 Å². The Balaban J connectivity index is 2.63. The van der Waals surface area contributed by atoms with Crippen molar-refractivity contribution >= 4 is 18.3 Å². The first-order chi connectivity index (χ1) is 8.69. The van der Waals surface area contributed by atoms with Gasteiger partial charge in [0.15, 0.2) is 0 Å². The van der Waals surface area contributed by atoms with Crippen molar-refractivity contribution in [1.29, 1.82) is 0 Å². The molecule has 0 bridgehead atoms. The van der Waals surface area contributed by atoms with Crippen LogP contribution in [0.15, 0.2) is 18.2 Å². The van der Waals surface area contributed by atoms with Crippen LogP contribution in [0.5, 0.6) is 11.5 Å². The molecule has 1 aromatic carbocycles. The number of hydrogen-bond donors (Lipinski definition) is 1. The van der Waals surface area contributed by atoms with Crippen LogP contribution in [0.3, 0.4) is 0 Å². The Morgan fingerprint density at radius 1 is 1.33 bits per heavy atom. The lowest BCUT2D eigenvalue weighted by Crippen LogP contribution is -2.01. The number of hydrogen-bond acceptors (Lipinski definition) is 5. The first-order valence-electron chi connectivity index (χ1n) is 5.75. The summed E-state index contributed by atoms with van der Waals surface area (Å²) in [5.74, 6) is 1.65. The van der Waals surface area contributed by atoms with E-state index in [-0.39, 0.29) is 11.4 Å². The molecule has 5 nitrogen and oxygen atoms in total. The third kappa shape index (κ3) is 4.44. The molecule has 1 aromatic rings. The van der Waals surface area contributed by atoms with Gasteiger partial charge in [-0.3, -0.25) is 10.1 Å². The van der Waals surface area contributed by atoms with E-state index in [9.17, 15) is 10.1 Å². The van der Waals surface area contributed by atoms with Crippen molar-refractivity contribution in [3.63, 3.8) is 0 Å². The van der Waals surface area contributed by atoms with Crippen LogP contribution in [0.2, 0.25) is 0 Å². The van der Waals surface area contributed by atoms with Crippen molar-refractivity contribution in [2.45, 2.75) is 19.3 Å². The van der Waals surface area contributed by atoms with Gasteiger partial charge in [0.05, 0.1) is 18.6 Å². The standard InChI is InChI=1S/C12H17NO4S/c1-16-10-5-6-11(13(14)15)12(9-10)17-7-3-2-4-8-18/h5-6,9,18H,2-4,7-8H2,1H3. The summed E-state index contributed by atoms with van der Waals surface area (Å²) in [6, 6.07) is 4.48. The van der Waals surface area contributed by atoms with Crippen LogP contribution in [0.1, 0.15) is 19.3 Å². The number of ether oxygens (including phenoxy) is 2. The predicted molar refractivity (Wildman–Crippen MR) is 72.8 cm³/mol. The molecule has 0 amide bonds. The van der Waals surface area contributed by atoms with Gasteiger partial charge in [0, 0.05) is 12.1 Å². The predicted octanol–water partition coefficient (Wildman–Crippen LogP) is 3.08. The molecule has 0 aromatic heterocycles. The molecule has 0 N–H and O–H groups in total. The molecule has 0 aliphatic rings. The molecule has 0 fully saturated rings. The van der Waals surface area contributed by atoms with Crippen LogP contribution in [-0.2, 0) is 0 Å². The number of methoxy groups -OCH3 is 1. The van der Waals surface area contributed by atoms with E-state index in [1.807, 2.05) is 0 Å². The largest absolute Gasteiger partial charge is 0.497 e. The SMILES string of the molecule is COc1ccc([N+](=O)[O-])c(OCCCCCS)c1. The van der Waals surface area contributed by atoms with E-state index >= 15 is 0 Å². The molecular formula is C12H17NO4S. The number of thiol groups is 1. The number of benzene rings is 1. The maximum atomic E-state index is 10.8. The Morgan fingerprint density at radius 2 is 2.11 bits per heavy atom. The van der Waals surface area contributed by atoms with Crippen molar-refractivity contribution in [3.8, 4) is 11.5 Å². The second-order valence-electron chi connectivity index (χ2n) is 3.72. The van der Waals surface area contributed by atoms with Crippen LogP contribution in [0.25, 0.3) is 0 Å². The molecule has 1 rings (SSSR count). The van der Waals surface area contributed by atoms with Crippen LogP contribution < -0.4 is 9.47 Å². The number of nitro groups is 1. The van der Waals surface area contributed by atoms with Gasteiger partial charge in [-0.15, -0.1) is 0 Å². The Morgan fingerprint density at radius 3 is 2.72 bits per heavy atom. The molecule has 18 heavy (non-hydrogen) atoms. The minimum atomic E-state index is -0.456. The van der Waals surface area contributed by atoms with Gasteiger partial charge in [0.25, 0.3) is 0 Å². The maximum Gasteiger partial charge on any atom is 0.311 e. The summed E-state index contributed by atoms with van der Waals surface area (Å²) in [4.78, 5) is 10.4. The second-order valence-corrected chi connectivity index (χ2v) is 4.17. The second kappa shape index (κ2) is 7.81. The normalized spacial score (nSPS) is 10.1. The molecule has 0 unspecified atom stereocenters. The number of unbranched alkanes of at least 4 members (excludes halogenated alkanes) is 2. The van der Waals surface area contributed by atoms with Crippen molar-refractivity contribution in [1.82, 2.24) is 0 Å². The summed E-state index contributed by atoms with van der Waals surface area (Å²) in [5, 5.41) is 10.8. The van der Waals surface area contributed by atoms with Gasteiger partial charge in [0.2, 0.25) is 5.75 Å². The van der Waals surface area contributed by atoms with Gasteiger partial charge in [-0.25, -0.2) is 0 Å². The highest BCUT2D eigenvalue weighted by Crippen LogP contribution is 2.31. The van der Waals surface area contributed by atoms with Crippen LogP contribution in [0.4, 0.5) is 5.69 Å². The highest BCUT2D eigenvalue weighted by atomic mass is 32.1. The fourth-order valence-corrected chi connectivity index (χ4v) is 1.68. The zero-order valence-corrected chi connectivity index (χ0v) is 11.2. The highest BCUT2D eigenvalue weighted by Gasteiger charge is 2.15. The van der Waals surface area contributed by atoms with Gasteiger partial charge in [-0.1, -0.05) is 0 Å². The molecule has 6 heteroatoms. The topological polar surface area (TPSA) is 61.6 Å². The average Bonchev–Trinajstić information content (AvgIpc) is 2.38. The van der Waals surface area contributed by atoms with Gasteiger partial charge in [-0.2, -0.15) is 12.6 Å². The lowest BCUT2D eigenvalue weighted by molar-refractivity contribution is -0.385. The summed E-state index contributed by atoms with van der Waals surface area (Å²) >= 11 is 4.12. The van der Waals surface area contributed by atoms with Gasteiger partial charge >= 0.3 is 5.69 Å². The van der Waals surface area contributed by atoms with Crippen molar-refractivity contribution in [3.05, 3.63) is 28.3 Å². The van der Waals surface area contributed by atoms with Crippen LogP contribution in [-0.4, -0.2) is 24.4 Å². The zero-order chi connectivity index (χ0) is 13.4. The lowest BCUT2D eigenvalue weighted by atomic mass is 10.2. The Labute approximate surface area is 112 Å². The maximum absolute atomic E-state index is 10.8. The van der Waals surface area contributed by atoms with E-state index in [0.29, 0.717) is 12.4 Å². The molecule has 0 aliphatic heterocycles. The molecular weight excluding hydrogens is 254 g/mol. The molecule has 0 heterocycles. The Hall–Kier alpha value is -1.43. The third-order valence-corrected chi connectivity index (χ3v) is 2.74. The summed E-state index contributed by atoms with van der Waals surface area (Å²) in [5.41, 5.74) is -0.0370. The summed E-state index contributed by atoms with van der Waals surface area (Å²) in [6.45, 7) is 0.460. The zero-order valence-electron chi connectivity index (χ0n) is 10.3. The van der Waals surface area contributed by atoms with Crippen molar-refractivity contribution in [2.75, 3.05) is 19.5 Å². The number of rotatable bonds is 8. The lowest BCUT2D eigenvalue weighted by Gasteiger charge is -2.08. The summed E-state index contributed by atoms with van der Waals surface area (Å²) in [7, 11) is 1.51. The first-order valence-corrected chi connectivity index (χ1v) is 6.38. The average molecular weight is 271 g/mol. The molecule has 0 aliphatic carbocycles. The molecule has 100 valence electrons. The fraction of sp³-hybridized carbons (Fsp3) is 0.500. The van der Waals surface area contributed by atoms with Gasteiger partial charge in [-0.05, 0) is 31.1 Å². The first kappa shape index (κ1) is 14.6. The summed E-state index contributed by atoms with van der Waals surface area (Å²) in [6.07, 6.45) is 2.88. The molecule has 0 saturated heterocycles. The van der Waals surface area contributed by atoms with E-state index in [1.54, 1.807) is 6.07 Å².